The number of rotatable bonds is 4. The molecule has 2 aromatic rings. The molecule has 1 aromatic carbocycles. The molecule has 0 atom stereocenters. The number of benzene rings is 1. The normalized spacial score (nSPS) is 18.2. The summed E-state index contributed by atoms with van der Waals surface area (Å²) < 4.78 is 51.5. The molecule has 4 rings (SSSR count). The number of hydrogen-bond donors (Lipinski definition) is 1. The Bertz CT molecular complexity index is 912. The first kappa shape index (κ1) is 20.7. The van der Waals surface area contributed by atoms with Gasteiger partial charge in [0.1, 0.15) is 11.6 Å². The van der Waals surface area contributed by atoms with Crippen LogP contribution in [-0.4, -0.2) is 43.3 Å². The van der Waals surface area contributed by atoms with Gasteiger partial charge in [0, 0.05) is 25.7 Å². The minimum Gasteiger partial charge on any atom is -0.497 e. The maximum Gasteiger partial charge on any atom is 0.433 e. The van der Waals surface area contributed by atoms with E-state index in [-0.39, 0.29) is 11.8 Å². The lowest BCUT2D eigenvalue weighted by atomic mass is 9.79. The van der Waals surface area contributed by atoms with E-state index in [9.17, 15) is 13.2 Å². The van der Waals surface area contributed by atoms with Crippen molar-refractivity contribution in [3.05, 3.63) is 41.1 Å². The molecule has 0 bridgehead atoms. The zero-order valence-electron chi connectivity index (χ0n) is 17.1. The second kappa shape index (κ2) is 7.94. The highest BCUT2D eigenvalue weighted by Crippen LogP contribution is 2.43. The number of nitrogens with one attached hydrogen (secondary N) is 1. The predicted octanol–water partition coefficient (Wildman–Crippen LogP) is 4.00. The molecule has 1 spiro atoms. The molecule has 0 amide bonds. The molecule has 1 aromatic heterocycles. The van der Waals surface area contributed by atoms with Crippen LogP contribution in [0.4, 0.5) is 24.9 Å². The topological polar surface area (TPSA) is 59.5 Å². The fourth-order valence-corrected chi connectivity index (χ4v) is 4.27. The van der Waals surface area contributed by atoms with Gasteiger partial charge in [-0.25, -0.2) is 4.98 Å². The van der Waals surface area contributed by atoms with E-state index in [0.29, 0.717) is 39.1 Å². The Morgan fingerprint density at radius 3 is 2.63 bits per heavy atom. The third-order valence-electron chi connectivity index (χ3n) is 5.79. The summed E-state index contributed by atoms with van der Waals surface area (Å²) in [6.07, 6.45) is -2.35. The van der Waals surface area contributed by atoms with Crippen LogP contribution < -0.4 is 15.0 Å². The van der Waals surface area contributed by atoms with Crippen LogP contribution in [0.1, 0.15) is 36.6 Å². The van der Waals surface area contributed by atoms with Gasteiger partial charge in [-0.2, -0.15) is 18.2 Å². The first-order valence-corrected chi connectivity index (χ1v) is 10.1. The molecule has 6 nitrogen and oxygen atoms in total. The molecule has 0 radical (unpaired) electrons. The van der Waals surface area contributed by atoms with E-state index in [1.54, 1.807) is 14.0 Å². The molecule has 0 saturated carbocycles. The molecule has 162 valence electrons. The summed E-state index contributed by atoms with van der Waals surface area (Å²) >= 11 is 0. The lowest BCUT2D eigenvalue weighted by molar-refractivity contribution is -0.141. The number of aromatic nitrogens is 2. The molecule has 2 aliphatic rings. The molecular formula is C21H25F3N4O2. The largest absolute Gasteiger partial charge is 0.497 e. The van der Waals surface area contributed by atoms with E-state index in [4.69, 9.17) is 9.47 Å². The van der Waals surface area contributed by atoms with Gasteiger partial charge in [0.25, 0.3) is 0 Å². The Morgan fingerprint density at radius 2 is 1.97 bits per heavy atom. The first-order chi connectivity index (χ1) is 14.3. The van der Waals surface area contributed by atoms with Crippen LogP contribution in [0.3, 0.4) is 0 Å². The van der Waals surface area contributed by atoms with Crippen molar-refractivity contribution >= 4 is 11.8 Å². The van der Waals surface area contributed by atoms with Crippen molar-refractivity contribution in [1.29, 1.82) is 0 Å². The van der Waals surface area contributed by atoms with Crippen molar-refractivity contribution < 1.29 is 22.6 Å². The summed E-state index contributed by atoms with van der Waals surface area (Å²) in [6, 6.07) is 7.07. The lowest BCUT2D eigenvalue weighted by Gasteiger charge is -2.45. The van der Waals surface area contributed by atoms with Crippen LogP contribution >= 0.6 is 0 Å². The van der Waals surface area contributed by atoms with E-state index in [0.717, 1.165) is 23.8 Å². The number of alkyl halides is 3. The molecule has 1 saturated heterocycles. The van der Waals surface area contributed by atoms with E-state index in [1.165, 1.54) is 5.56 Å². The molecule has 30 heavy (non-hydrogen) atoms. The van der Waals surface area contributed by atoms with Crippen molar-refractivity contribution in [2.24, 2.45) is 0 Å². The highest BCUT2D eigenvalue weighted by atomic mass is 19.4. The van der Waals surface area contributed by atoms with Crippen LogP contribution in [0.25, 0.3) is 0 Å². The van der Waals surface area contributed by atoms with Crippen molar-refractivity contribution in [1.82, 2.24) is 9.97 Å². The van der Waals surface area contributed by atoms with Gasteiger partial charge >= 0.3 is 6.18 Å². The number of halogens is 3. The molecule has 3 heterocycles. The molecular weight excluding hydrogens is 397 g/mol. The maximum absolute atomic E-state index is 13.3. The van der Waals surface area contributed by atoms with E-state index in [2.05, 4.69) is 27.4 Å². The smallest absolute Gasteiger partial charge is 0.433 e. The summed E-state index contributed by atoms with van der Waals surface area (Å²) in [5.74, 6) is 1.10. The average molecular weight is 422 g/mol. The quantitative estimate of drug-likeness (QED) is 0.804. The fraction of sp³-hybridized carbons (Fsp3) is 0.524. The Morgan fingerprint density at radius 1 is 1.20 bits per heavy atom. The van der Waals surface area contributed by atoms with Crippen molar-refractivity contribution in [3.8, 4) is 5.75 Å². The molecule has 0 aliphatic carbocycles. The van der Waals surface area contributed by atoms with E-state index < -0.39 is 17.5 Å². The van der Waals surface area contributed by atoms with Gasteiger partial charge in [-0.1, -0.05) is 6.07 Å². The van der Waals surface area contributed by atoms with Gasteiger partial charge in [-0.05, 0) is 49.4 Å². The molecule has 0 unspecified atom stereocenters. The van der Waals surface area contributed by atoms with Gasteiger partial charge in [-0.3, -0.25) is 0 Å². The van der Waals surface area contributed by atoms with Crippen LogP contribution in [0.15, 0.2) is 24.3 Å². The van der Waals surface area contributed by atoms with Gasteiger partial charge in [-0.15, -0.1) is 0 Å². The number of hydrogen-bond acceptors (Lipinski definition) is 6. The fourth-order valence-electron chi connectivity index (χ4n) is 4.27. The Balaban J connectivity index is 1.58. The average Bonchev–Trinajstić information content (AvgIpc) is 2.73. The predicted molar refractivity (Wildman–Crippen MR) is 107 cm³/mol. The van der Waals surface area contributed by atoms with Gasteiger partial charge in [0.15, 0.2) is 5.69 Å². The van der Waals surface area contributed by atoms with E-state index in [1.807, 2.05) is 11.0 Å². The number of fused-ring (bicyclic) bond motifs is 2. The maximum atomic E-state index is 13.3. The Hall–Kier alpha value is -2.55. The van der Waals surface area contributed by atoms with Gasteiger partial charge in [0.05, 0.1) is 19.3 Å². The summed E-state index contributed by atoms with van der Waals surface area (Å²) in [6.45, 7) is 3.95. The lowest BCUT2D eigenvalue weighted by Crippen LogP contribution is -2.47. The summed E-state index contributed by atoms with van der Waals surface area (Å²) in [4.78, 5) is 9.79. The molecule has 1 fully saturated rings. The standard InChI is InChI=1S/C21H25F3N4O2/c1-3-25-19-26-17(21(22,23)24)13-18(27-19)28-9-7-20(8-10-28)16-5-4-15(29-2)12-14(16)6-11-30-20/h4-5,12-13H,3,6-11H2,1-2H3,(H,25,26,27). The number of piperidine rings is 1. The molecule has 9 heteroatoms. The van der Waals surface area contributed by atoms with Crippen LogP contribution in [0, 0.1) is 0 Å². The minimum absolute atomic E-state index is 0.00558. The van der Waals surface area contributed by atoms with Crippen LogP contribution in [-0.2, 0) is 22.9 Å². The third-order valence-corrected chi connectivity index (χ3v) is 5.79. The number of ether oxygens (including phenoxy) is 2. The Kier molecular flexibility index (Phi) is 5.48. The number of nitrogens with zero attached hydrogens (tertiary/aromatic N) is 3. The van der Waals surface area contributed by atoms with Gasteiger partial charge in [0.2, 0.25) is 5.95 Å². The summed E-state index contributed by atoms with van der Waals surface area (Å²) in [5, 5.41) is 2.79. The third kappa shape index (κ3) is 3.90. The van der Waals surface area contributed by atoms with Crippen molar-refractivity contribution in [2.45, 2.75) is 38.0 Å². The highest BCUT2D eigenvalue weighted by Gasteiger charge is 2.42. The van der Waals surface area contributed by atoms with Gasteiger partial charge < -0.3 is 19.7 Å². The van der Waals surface area contributed by atoms with Crippen molar-refractivity contribution in [2.75, 3.05) is 43.6 Å². The zero-order chi connectivity index (χ0) is 21.4. The van der Waals surface area contributed by atoms with E-state index >= 15 is 0 Å². The summed E-state index contributed by atoms with van der Waals surface area (Å²) in [7, 11) is 1.65. The second-order valence-electron chi connectivity index (χ2n) is 7.57. The highest BCUT2D eigenvalue weighted by molar-refractivity contribution is 5.47. The van der Waals surface area contributed by atoms with Crippen LogP contribution in [0.2, 0.25) is 0 Å². The molecule has 2 aliphatic heterocycles. The second-order valence-corrected chi connectivity index (χ2v) is 7.57. The summed E-state index contributed by atoms with van der Waals surface area (Å²) in [5.41, 5.74) is 1.02. The SMILES string of the molecule is CCNc1nc(N2CCC3(CC2)OCCc2cc(OC)ccc23)cc(C(F)(F)F)n1. The Labute approximate surface area is 173 Å². The zero-order valence-corrected chi connectivity index (χ0v) is 17.1. The minimum atomic E-state index is -4.52. The first-order valence-electron chi connectivity index (χ1n) is 10.1. The van der Waals surface area contributed by atoms with Crippen molar-refractivity contribution in [3.63, 3.8) is 0 Å². The number of anilines is 2. The molecule has 1 N–H and O–H groups in total. The van der Waals surface area contributed by atoms with Crippen LogP contribution in [0.5, 0.6) is 5.75 Å². The number of methoxy groups -OCH3 is 1. The monoisotopic (exact) mass is 422 g/mol.